The second kappa shape index (κ2) is 5.94. The Kier molecular flexibility index (Phi) is 4.60. The van der Waals surface area contributed by atoms with Crippen LogP contribution >= 0.6 is 0 Å². The van der Waals surface area contributed by atoms with Crippen LogP contribution in [0.5, 0.6) is 0 Å². The van der Waals surface area contributed by atoms with Crippen LogP contribution in [0.1, 0.15) is 27.2 Å². The molecule has 0 amide bonds. The second-order valence-corrected chi connectivity index (χ2v) is 7.60. The van der Waals surface area contributed by atoms with Crippen molar-refractivity contribution in [3.8, 4) is 0 Å². The zero-order valence-electron chi connectivity index (χ0n) is 13.0. The van der Waals surface area contributed by atoms with Gasteiger partial charge in [-0.3, -0.25) is 0 Å². The highest BCUT2D eigenvalue weighted by Gasteiger charge is 2.50. The lowest BCUT2D eigenvalue weighted by Gasteiger charge is -2.51. The molecule has 0 bridgehead atoms. The molecule has 0 heterocycles. The van der Waals surface area contributed by atoms with Crippen LogP contribution in [0.25, 0.3) is 0 Å². The van der Waals surface area contributed by atoms with Gasteiger partial charge < -0.3 is 10.1 Å². The topological polar surface area (TPSA) is 67.4 Å². The van der Waals surface area contributed by atoms with E-state index >= 15 is 0 Å². The molecule has 1 fully saturated rings. The molecule has 0 spiro atoms. The van der Waals surface area contributed by atoms with E-state index in [4.69, 9.17) is 4.74 Å². The monoisotopic (exact) mass is 312 g/mol. The van der Waals surface area contributed by atoms with E-state index in [9.17, 15) is 8.42 Å². The summed E-state index contributed by atoms with van der Waals surface area (Å²) in [5.74, 6) is 0. The molecule has 2 atom stereocenters. The average Bonchev–Trinajstić information content (AvgIpc) is 2.46. The van der Waals surface area contributed by atoms with Crippen molar-refractivity contribution in [2.24, 2.45) is 5.41 Å². The van der Waals surface area contributed by atoms with Gasteiger partial charge in [-0.15, -0.1) is 0 Å². The zero-order chi connectivity index (χ0) is 15.7. The summed E-state index contributed by atoms with van der Waals surface area (Å²) in [5.41, 5.74) is 0.404. The maximum atomic E-state index is 12.6. The highest BCUT2D eigenvalue weighted by Crippen LogP contribution is 2.43. The van der Waals surface area contributed by atoms with E-state index in [1.54, 1.807) is 25.2 Å². The molecule has 0 radical (unpaired) electrons. The summed E-state index contributed by atoms with van der Waals surface area (Å²) < 4.78 is 33.6. The third-order valence-electron chi connectivity index (χ3n) is 4.29. The molecule has 1 aromatic carbocycles. The summed E-state index contributed by atoms with van der Waals surface area (Å²) in [6.07, 6.45) is 0.816. The number of hydrogen-bond donors (Lipinski definition) is 2. The second-order valence-electron chi connectivity index (χ2n) is 5.92. The predicted molar refractivity (Wildman–Crippen MR) is 83.9 cm³/mol. The Bertz CT molecular complexity index is 599. The van der Waals surface area contributed by atoms with E-state index in [-0.39, 0.29) is 22.5 Å². The Balaban J connectivity index is 2.16. The first-order valence-corrected chi connectivity index (χ1v) is 8.72. The average molecular weight is 312 g/mol. The Morgan fingerprint density at radius 2 is 2.00 bits per heavy atom. The van der Waals surface area contributed by atoms with Gasteiger partial charge >= 0.3 is 0 Å². The molecule has 2 unspecified atom stereocenters. The van der Waals surface area contributed by atoms with E-state index in [1.165, 1.54) is 0 Å². The first kappa shape index (κ1) is 16.3. The molecule has 5 nitrogen and oxygen atoms in total. The van der Waals surface area contributed by atoms with Gasteiger partial charge in [0.25, 0.3) is 0 Å². The van der Waals surface area contributed by atoms with Gasteiger partial charge in [-0.2, -0.15) is 0 Å². The first-order chi connectivity index (χ1) is 9.82. The molecule has 2 N–H and O–H groups in total. The molecule has 1 aliphatic carbocycles. The molecule has 21 heavy (non-hydrogen) atoms. The van der Waals surface area contributed by atoms with Crippen LogP contribution in [0.4, 0.5) is 5.69 Å². The van der Waals surface area contributed by atoms with Gasteiger partial charge in [-0.25, -0.2) is 13.1 Å². The minimum absolute atomic E-state index is 0.106. The van der Waals surface area contributed by atoms with Crippen molar-refractivity contribution in [1.82, 2.24) is 4.72 Å². The minimum atomic E-state index is -3.54. The summed E-state index contributed by atoms with van der Waals surface area (Å²) >= 11 is 0. The maximum Gasteiger partial charge on any atom is 0.242 e. The molecular formula is C15H24N2O3S. The Labute approximate surface area is 127 Å². The summed E-state index contributed by atoms with van der Waals surface area (Å²) in [7, 11) is -1.83. The van der Waals surface area contributed by atoms with Gasteiger partial charge in [0.2, 0.25) is 10.0 Å². The SMILES string of the molecule is CCOC1CC(NS(=O)(=O)c2ccccc2NC)C1(C)C. The lowest BCUT2D eigenvalue weighted by Crippen LogP contribution is -2.61. The van der Waals surface area contributed by atoms with Crippen molar-refractivity contribution < 1.29 is 13.2 Å². The largest absolute Gasteiger partial charge is 0.387 e. The summed E-state index contributed by atoms with van der Waals surface area (Å²) in [6, 6.07) is 6.79. The van der Waals surface area contributed by atoms with Crippen LogP contribution in [-0.4, -0.2) is 34.2 Å². The van der Waals surface area contributed by atoms with Gasteiger partial charge in [-0.05, 0) is 25.5 Å². The Morgan fingerprint density at radius 3 is 2.57 bits per heavy atom. The van der Waals surface area contributed by atoms with E-state index < -0.39 is 10.0 Å². The van der Waals surface area contributed by atoms with Crippen molar-refractivity contribution in [3.63, 3.8) is 0 Å². The van der Waals surface area contributed by atoms with Gasteiger partial charge in [0.1, 0.15) is 4.90 Å². The normalized spacial score (nSPS) is 24.4. The van der Waals surface area contributed by atoms with Crippen LogP contribution in [-0.2, 0) is 14.8 Å². The first-order valence-electron chi connectivity index (χ1n) is 7.23. The van der Waals surface area contributed by atoms with E-state index in [0.29, 0.717) is 18.7 Å². The van der Waals surface area contributed by atoms with Crippen molar-refractivity contribution in [2.75, 3.05) is 19.0 Å². The van der Waals surface area contributed by atoms with Crippen LogP contribution < -0.4 is 10.0 Å². The number of anilines is 1. The quantitative estimate of drug-likeness (QED) is 0.845. The summed E-state index contributed by atoms with van der Waals surface area (Å²) in [6.45, 7) is 6.68. The number of ether oxygens (including phenoxy) is 1. The smallest absolute Gasteiger partial charge is 0.242 e. The van der Waals surface area contributed by atoms with Crippen molar-refractivity contribution >= 4 is 15.7 Å². The highest BCUT2D eigenvalue weighted by molar-refractivity contribution is 7.89. The van der Waals surface area contributed by atoms with E-state index in [1.807, 2.05) is 26.8 Å². The lowest BCUT2D eigenvalue weighted by atomic mass is 9.65. The molecular weight excluding hydrogens is 288 g/mol. The van der Waals surface area contributed by atoms with Crippen molar-refractivity contribution in [3.05, 3.63) is 24.3 Å². The number of nitrogens with one attached hydrogen (secondary N) is 2. The maximum absolute atomic E-state index is 12.6. The Hall–Kier alpha value is -1.11. The number of para-hydroxylation sites is 1. The Morgan fingerprint density at radius 1 is 1.33 bits per heavy atom. The number of hydrogen-bond acceptors (Lipinski definition) is 4. The fraction of sp³-hybridized carbons (Fsp3) is 0.600. The molecule has 6 heteroatoms. The fourth-order valence-corrected chi connectivity index (χ4v) is 4.35. The number of benzene rings is 1. The van der Waals surface area contributed by atoms with Crippen molar-refractivity contribution in [2.45, 2.75) is 44.2 Å². The molecule has 118 valence electrons. The molecule has 1 aliphatic rings. The molecule has 1 aromatic rings. The van der Waals surface area contributed by atoms with E-state index in [0.717, 1.165) is 0 Å². The third-order valence-corrected chi connectivity index (χ3v) is 5.82. The molecule has 0 saturated heterocycles. The molecule has 2 rings (SSSR count). The molecule has 1 saturated carbocycles. The standard InChI is InChI=1S/C15H24N2O3S/c1-5-20-14-10-13(15(14,2)3)17-21(18,19)12-9-7-6-8-11(12)16-4/h6-9,13-14,16-17H,5,10H2,1-4H3. The van der Waals surface area contributed by atoms with Gasteiger partial charge in [0.15, 0.2) is 0 Å². The highest BCUT2D eigenvalue weighted by atomic mass is 32.2. The van der Waals surface area contributed by atoms with Gasteiger partial charge in [-0.1, -0.05) is 26.0 Å². The third kappa shape index (κ3) is 3.07. The van der Waals surface area contributed by atoms with Crippen LogP contribution in [0.15, 0.2) is 29.2 Å². The molecule has 0 aromatic heterocycles. The van der Waals surface area contributed by atoms with Gasteiger partial charge in [0.05, 0.1) is 11.8 Å². The van der Waals surface area contributed by atoms with Crippen LogP contribution in [0, 0.1) is 5.41 Å². The van der Waals surface area contributed by atoms with E-state index in [2.05, 4.69) is 10.0 Å². The fourth-order valence-electron chi connectivity index (χ4n) is 2.73. The summed E-state index contributed by atoms with van der Waals surface area (Å²) in [5, 5.41) is 2.92. The van der Waals surface area contributed by atoms with Crippen molar-refractivity contribution in [1.29, 1.82) is 0 Å². The van der Waals surface area contributed by atoms with Crippen LogP contribution in [0.3, 0.4) is 0 Å². The predicted octanol–water partition coefficient (Wildman–Crippen LogP) is 2.21. The van der Waals surface area contributed by atoms with Gasteiger partial charge in [0, 0.05) is 25.1 Å². The number of rotatable bonds is 6. The summed E-state index contributed by atoms with van der Waals surface area (Å²) in [4.78, 5) is 0.281. The van der Waals surface area contributed by atoms with Crippen LogP contribution in [0.2, 0.25) is 0 Å². The number of sulfonamides is 1. The minimum Gasteiger partial charge on any atom is -0.387 e. The lowest BCUT2D eigenvalue weighted by molar-refractivity contribution is -0.108. The zero-order valence-corrected chi connectivity index (χ0v) is 13.8. The molecule has 0 aliphatic heterocycles.